The Morgan fingerprint density at radius 3 is 2.22 bits per heavy atom. The number of hydrogen-bond acceptors (Lipinski definition) is 2. The fraction of sp³-hybridized carbons (Fsp3) is 0.667. The van der Waals surface area contributed by atoms with E-state index in [0.717, 1.165) is 26.3 Å². The summed E-state index contributed by atoms with van der Waals surface area (Å²) in [6, 6.07) is 0. The molecular formula is C6H11NOSb+3. The monoisotopic (exact) mass is 234 g/mol. The van der Waals surface area contributed by atoms with E-state index in [0.29, 0.717) is 0 Å². The third-order valence-corrected chi connectivity index (χ3v) is 1.30. The minimum absolute atomic E-state index is 0. The first-order valence-electron chi connectivity index (χ1n) is 2.88. The van der Waals surface area contributed by atoms with E-state index in [1.807, 2.05) is 6.20 Å². The molecule has 1 rings (SSSR count). The standard InChI is InChI=1S/C6H11NO.Sb/c1-2-7-3-5-8-6-4-7;/h2H,1,3-6H2;/q;+3. The van der Waals surface area contributed by atoms with E-state index in [1.54, 1.807) is 0 Å². The van der Waals surface area contributed by atoms with Crippen LogP contribution in [0.1, 0.15) is 0 Å². The SMILES string of the molecule is C=CN1CCOCC1.[Sb+3]. The molecule has 48 valence electrons. The van der Waals surface area contributed by atoms with Crippen LogP contribution in [0.4, 0.5) is 0 Å². The first kappa shape index (κ1) is 9.32. The Hall–Kier alpha value is 0.318. The third kappa shape index (κ3) is 3.12. The third-order valence-electron chi connectivity index (χ3n) is 1.30. The van der Waals surface area contributed by atoms with Crippen LogP contribution in [0.2, 0.25) is 0 Å². The largest absolute Gasteiger partial charge is 3.00 e. The van der Waals surface area contributed by atoms with Crippen molar-refractivity contribution < 1.29 is 4.74 Å². The van der Waals surface area contributed by atoms with E-state index in [4.69, 9.17) is 4.74 Å². The van der Waals surface area contributed by atoms with Crippen molar-refractivity contribution in [3.63, 3.8) is 0 Å². The summed E-state index contributed by atoms with van der Waals surface area (Å²) >= 11 is 0. The van der Waals surface area contributed by atoms with Crippen LogP contribution >= 0.6 is 0 Å². The Morgan fingerprint density at radius 1 is 1.33 bits per heavy atom. The molecule has 1 aliphatic rings. The summed E-state index contributed by atoms with van der Waals surface area (Å²) in [6.45, 7) is 7.37. The van der Waals surface area contributed by atoms with Gasteiger partial charge in [-0.2, -0.15) is 0 Å². The van der Waals surface area contributed by atoms with E-state index in [-0.39, 0.29) is 24.4 Å². The topological polar surface area (TPSA) is 12.5 Å². The van der Waals surface area contributed by atoms with Crippen molar-refractivity contribution >= 4 is 24.4 Å². The maximum absolute atomic E-state index is 5.11. The van der Waals surface area contributed by atoms with Crippen molar-refractivity contribution in [1.82, 2.24) is 4.90 Å². The summed E-state index contributed by atoms with van der Waals surface area (Å²) < 4.78 is 5.11. The van der Waals surface area contributed by atoms with Gasteiger partial charge in [-0.3, -0.25) is 0 Å². The first-order valence-corrected chi connectivity index (χ1v) is 2.88. The molecule has 0 aliphatic carbocycles. The van der Waals surface area contributed by atoms with E-state index >= 15 is 0 Å². The van der Waals surface area contributed by atoms with Crippen molar-refractivity contribution in [2.75, 3.05) is 26.3 Å². The van der Waals surface area contributed by atoms with Crippen molar-refractivity contribution in [3.05, 3.63) is 12.8 Å². The zero-order chi connectivity index (χ0) is 5.82. The smallest absolute Gasteiger partial charge is 0.378 e. The fourth-order valence-corrected chi connectivity index (χ4v) is 0.760. The molecule has 1 aliphatic heterocycles. The zero-order valence-electron chi connectivity index (χ0n) is 5.42. The molecule has 0 saturated carbocycles. The summed E-state index contributed by atoms with van der Waals surface area (Å²) in [7, 11) is 0. The second-order valence-electron chi connectivity index (χ2n) is 1.83. The van der Waals surface area contributed by atoms with E-state index in [2.05, 4.69) is 11.5 Å². The Morgan fingerprint density at radius 2 is 1.89 bits per heavy atom. The first-order chi connectivity index (χ1) is 3.93. The molecule has 1 heterocycles. The molecule has 0 N–H and O–H groups in total. The molecule has 3 heteroatoms. The van der Waals surface area contributed by atoms with Gasteiger partial charge in [0.15, 0.2) is 0 Å². The number of nitrogens with zero attached hydrogens (tertiary/aromatic N) is 1. The summed E-state index contributed by atoms with van der Waals surface area (Å²) in [5.41, 5.74) is 0. The molecule has 0 spiro atoms. The van der Waals surface area contributed by atoms with Gasteiger partial charge < -0.3 is 9.64 Å². The predicted octanol–water partition coefficient (Wildman–Crippen LogP) is 0.0813. The summed E-state index contributed by atoms with van der Waals surface area (Å²) in [6.07, 6.45) is 1.86. The van der Waals surface area contributed by atoms with Gasteiger partial charge in [0.2, 0.25) is 0 Å². The molecule has 2 radical (unpaired) electrons. The van der Waals surface area contributed by atoms with Crippen molar-refractivity contribution in [2.24, 2.45) is 0 Å². The maximum Gasteiger partial charge on any atom is 3.00 e. The molecular weight excluding hydrogens is 224 g/mol. The Labute approximate surface area is 73.3 Å². The van der Waals surface area contributed by atoms with E-state index in [1.165, 1.54) is 0 Å². The van der Waals surface area contributed by atoms with Crippen molar-refractivity contribution in [1.29, 1.82) is 0 Å². The molecule has 0 amide bonds. The molecule has 0 aromatic heterocycles. The zero-order valence-corrected chi connectivity index (χ0v) is 7.97. The summed E-state index contributed by atoms with van der Waals surface area (Å²) in [5.74, 6) is 0. The van der Waals surface area contributed by atoms with Gasteiger partial charge in [-0.15, -0.1) is 0 Å². The minimum Gasteiger partial charge on any atom is -0.378 e. The number of hydrogen-bond donors (Lipinski definition) is 0. The predicted molar refractivity (Wildman–Crippen MR) is 38.3 cm³/mol. The number of ether oxygens (including phenoxy) is 1. The van der Waals surface area contributed by atoms with Gasteiger partial charge >= 0.3 is 24.4 Å². The molecule has 9 heavy (non-hydrogen) atoms. The van der Waals surface area contributed by atoms with Gasteiger partial charge in [0.05, 0.1) is 13.2 Å². The summed E-state index contributed by atoms with van der Waals surface area (Å²) in [5, 5.41) is 0. The summed E-state index contributed by atoms with van der Waals surface area (Å²) in [4.78, 5) is 2.16. The van der Waals surface area contributed by atoms with Crippen LogP contribution in [0, 0.1) is 0 Å². The van der Waals surface area contributed by atoms with Gasteiger partial charge in [0.1, 0.15) is 0 Å². The molecule has 0 unspecified atom stereocenters. The van der Waals surface area contributed by atoms with Gasteiger partial charge in [0, 0.05) is 13.1 Å². The van der Waals surface area contributed by atoms with E-state index in [9.17, 15) is 0 Å². The number of morpholine rings is 1. The molecule has 0 bridgehead atoms. The average Bonchev–Trinajstić information content (AvgIpc) is 1.90. The van der Waals surface area contributed by atoms with Crippen LogP contribution in [0.5, 0.6) is 0 Å². The molecule has 0 aromatic carbocycles. The van der Waals surface area contributed by atoms with Gasteiger partial charge in [-0.25, -0.2) is 0 Å². The second kappa shape index (κ2) is 5.13. The average molecular weight is 235 g/mol. The molecule has 0 aromatic rings. The van der Waals surface area contributed by atoms with Gasteiger partial charge in [-0.1, -0.05) is 6.58 Å². The maximum atomic E-state index is 5.11. The van der Waals surface area contributed by atoms with Crippen LogP contribution in [0.3, 0.4) is 0 Å². The second-order valence-corrected chi connectivity index (χ2v) is 1.83. The number of rotatable bonds is 1. The van der Waals surface area contributed by atoms with Crippen LogP contribution in [0.25, 0.3) is 0 Å². The van der Waals surface area contributed by atoms with Crippen LogP contribution < -0.4 is 0 Å². The molecule has 2 nitrogen and oxygen atoms in total. The molecule has 0 atom stereocenters. The molecule has 1 fully saturated rings. The van der Waals surface area contributed by atoms with Gasteiger partial charge in [0.25, 0.3) is 0 Å². The van der Waals surface area contributed by atoms with Crippen LogP contribution in [-0.2, 0) is 4.74 Å². The van der Waals surface area contributed by atoms with E-state index < -0.39 is 0 Å². The van der Waals surface area contributed by atoms with Crippen LogP contribution in [0.15, 0.2) is 12.8 Å². The minimum atomic E-state index is 0. The molecule has 1 saturated heterocycles. The van der Waals surface area contributed by atoms with Gasteiger partial charge in [-0.05, 0) is 6.20 Å². The van der Waals surface area contributed by atoms with Crippen molar-refractivity contribution in [3.8, 4) is 0 Å². The fourth-order valence-electron chi connectivity index (χ4n) is 0.760. The Bertz CT molecular complexity index is 81.1. The van der Waals surface area contributed by atoms with Crippen LogP contribution in [-0.4, -0.2) is 55.6 Å². The Balaban J connectivity index is 0.000000640. The van der Waals surface area contributed by atoms with Crippen molar-refractivity contribution in [2.45, 2.75) is 0 Å². The Kier molecular flexibility index (Phi) is 5.31. The quantitative estimate of drug-likeness (QED) is 0.597. The normalized spacial score (nSPS) is 18.4.